The highest BCUT2D eigenvalue weighted by molar-refractivity contribution is 9.11. The number of halogens is 4. The summed E-state index contributed by atoms with van der Waals surface area (Å²) in [5.41, 5.74) is 7.07. The van der Waals surface area contributed by atoms with Crippen molar-refractivity contribution in [2.24, 2.45) is 5.73 Å². The molecule has 2 aromatic rings. The average Bonchev–Trinajstić information content (AvgIpc) is 2.41. The van der Waals surface area contributed by atoms with E-state index < -0.39 is 0 Å². The maximum absolute atomic E-state index is 13.7. The van der Waals surface area contributed by atoms with Crippen LogP contribution in [0, 0.1) is 5.82 Å². The van der Waals surface area contributed by atoms with Gasteiger partial charge in [0.2, 0.25) is 0 Å². The van der Waals surface area contributed by atoms with Crippen LogP contribution in [0.15, 0.2) is 43.7 Å². The van der Waals surface area contributed by atoms with Crippen LogP contribution in [0.3, 0.4) is 0 Å². The Labute approximate surface area is 141 Å². The average molecular weight is 468 g/mol. The predicted octanol–water partition coefficient (Wildman–Crippen LogP) is 5.15. The van der Waals surface area contributed by atoms with Crippen LogP contribution < -0.4 is 10.5 Å². The highest BCUT2D eigenvalue weighted by atomic mass is 79.9. The van der Waals surface area contributed by atoms with Crippen molar-refractivity contribution in [3.05, 3.63) is 60.7 Å². The molecule has 0 unspecified atom stereocenters. The lowest BCUT2D eigenvalue weighted by Gasteiger charge is -2.12. The van der Waals surface area contributed by atoms with E-state index >= 15 is 0 Å². The Bertz CT molecular complexity index is 611. The van der Waals surface area contributed by atoms with Gasteiger partial charge in [0.15, 0.2) is 0 Å². The molecule has 0 heterocycles. The van der Waals surface area contributed by atoms with E-state index in [9.17, 15) is 4.39 Å². The summed E-state index contributed by atoms with van der Waals surface area (Å²) >= 11 is 10.2. The first-order valence-corrected chi connectivity index (χ1v) is 8.14. The predicted molar refractivity (Wildman–Crippen MR) is 88.2 cm³/mol. The first-order valence-electron chi connectivity index (χ1n) is 5.76. The lowest BCUT2D eigenvalue weighted by Crippen LogP contribution is -2.01. The number of hydrogen-bond donors (Lipinski definition) is 1. The van der Waals surface area contributed by atoms with Gasteiger partial charge in [-0.1, -0.05) is 15.9 Å². The monoisotopic (exact) mass is 465 g/mol. The number of rotatable bonds is 4. The van der Waals surface area contributed by atoms with Gasteiger partial charge in [-0.15, -0.1) is 0 Å². The number of benzene rings is 2. The van der Waals surface area contributed by atoms with E-state index in [0.717, 1.165) is 19.0 Å². The third-order valence-corrected chi connectivity index (χ3v) is 4.34. The molecule has 6 heteroatoms. The van der Waals surface area contributed by atoms with E-state index in [2.05, 4.69) is 47.8 Å². The van der Waals surface area contributed by atoms with Gasteiger partial charge in [-0.25, -0.2) is 4.39 Å². The second-order valence-corrected chi connectivity index (χ2v) is 6.74. The lowest BCUT2D eigenvalue weighted by molar-refractivity contribution is 0.296. The van der Waals surface area contributed by atoms with Crippen LogP contribution in [0.4, 0.5) is 4.39 Å². The molecular formula is C14H11Br3FNO. The van der Waals surface area contributed by atoms with E-state index in [-0.39, 0.29) is 12.4 Å². The summed E-state index contributed by atoms with van der Waals surface area (Å²) < 4.78 is 21.7. The minimum absolute atomic E-state index is 0.143. The summed E-state index contributed by atoms with van der Waals surface area (Å²) in [7, 11) is 0. The van der Waals surface area contributed by atoms with Crippen molar-refractivity contribution >= 4 is 47.8 Å². The van der Waals surface area contributed by atoms with Crippen molar-refractivity contribution in [1.82, 2.24) is 0 Å². The highest BCUT2D eigenvalue weighted by Gasteiger charge is 2.10. The Kier molecular flexibility index (Phi) is 5.60. The molecule has 0 aliphatic carbocycles. The quantitative estimate of drug-likeness (QED) is 0.674. The normalized spacial score (nSPS) is 10.7. The molecule has 0 fully saturated rings. The first-order chi connectivity index (χ1) is 9.51. The summed E-state index contributed by atoms with van der Waals surface area (Å²) in [6.45, 7) is 0.586. The van der Waals surface area contributed by atoms with Crippen molar-refractivity contribution in [1.29, 1.82) is 0 Å². The summed E-state index contributed by atoms with van der Waals surface area (Å²) in [5.74, 6) is 0.334. The maximum Gasteiger partial charge on any atom is 0.148 e. The minimum atomic E-state index is -0.293. The van der Waals surface area contributed by atoms with Crippen LogP contribution in [0.1, 0.15) is 11.1 Å². The van der Waals surface area contributed by atoms with Crippen molar-refractivity contribution in [2.75, 3.05) is 0 Å². The molecule has 0 aliphatic rings. The molecule has 0 aromatic heterocycles. The van der Waals surface area contributed by atoms with Gasteiger partial charge >= 0.3 is 0 Å². The molecule has 0 saturated heterocycles. The van der Waals surface area contributed by atoms with Crippen molar-refractivity contribution in [3.8, 4) is 5.75 Å². The van der Waals surface area contributed by atoms with Crippen molar-refractivity contribution < 1.29 is 9.13 Å². The highest BCUT2D eigenvalue weighted by Crippen LogP contribution is 2.35. The Balaban J connectivity index is 2.21. The van der Waals surface area contributed by atoms with Gasteiger partial charge in [-0.3, -0.25) is 0 Å². The molecule has 2 rings (SSSR count). The zero-order chi connectivity index (χ0) is 14.7. The molecular weight excluding hydrogens is 457 g/mol. The molecule has 0 bridgehead atoms. The Morgan fingerprint density at radius 2 is 1.70 bits per heavy atom. The van der Waals surface area contributed by atoms with E-state index in [1.165, 1.54) is 6.07 Å². The van der Waals surface area contributed by atoms with Gasteiger partial charge in [-0.05, 0) is 67.8 Å². The Hall–Kier alpha value is -0.430. The van der Waals surface area contributed by atoms with E-state index in [1.54, 1.807) is 12.1 Å². The van der Waals surface area contributed by atoms with Gasteiger partial charge in [0, 0.05) is 16.6 Å². The fraction of sp³-hybridized carbons (Fsp3) is 0.143. The van der Waals surface area contributed by atoms with Gasteiger partial charge < -0.3 is 10.5 Å². The number of hydrogen-bond acceptors (Lipinski definition) is 2. The largest absolute Gasteiger partial charge is 0.486 e. The van der Waals surface area contributed by atoms with Gasteiger partial charge in [0.1, 0.15) is 18.2 Å². The van der Waals surface area contributed by atoms with Crippen LogP contribution in [0.5, 0.6) is 5.75 Å². The topological polar surface area (TPSA) is 35.2 Å². The molecule has 0 amide bonds. The molecule has 0 radical (unpaired) electrons. The first kappa shape index (κ1) is 15.9. The lowest BCUT2D eigenvalue weighted by atomic mass is 10.2. The molecule has 0 saturated carbocycles. The summed E-state index contributed by atoms with van der Waals surface area (Å²) in [4.78, 5) is 0. The van der Waals surface area contributed by atoms with E-state index in [1.807, 2.05) is 12.1 Å². The third kappa shape index (κ3) is 3.81. The van der Waals surface area contributed by atoms with Gasteiger partial charge in [-0.2, -0.15) is 0 Å². The number of nitrogens with two attached hydrogens (primary N) is 1. The summed E-state index contributed by atoms with van der Waals surface area (Å²) in [6, 6.07) is 8.53. The fourth-order valence-corrected chi connectivity index (χ4v) is 3.59. The smallest absolute Gasteiger partial charge is 0.148 e. The SMILES string of the molecule is NCc1cc(Br)c(OCc2cc(Br)ccc2F)c(Br)c1. The Morgan fingerprint density at radius 3 is 2.30 bits per heavy atom. The molecule has 106 valence electrons. The zero-order valence-corrected chi connectivity index (χ0v) is 15.1. The maximum atomic E-state index is 13.7. The van der Waals surface area contributed by atoms with Crippen molar-refractivity contribution in [2.45, 2.75) is 13.2 Å². The standard InChI is InChI=1S/C14H11Br3FNO/c15-10-1-2-13(18)9(5-10)7-20-14-11(16)3-8(6-19)4-12(14)17/h1-5H,6-7,19H2. The van der Waals surface area contributed by atoms with Crippen LogP contribution in [-0.2, 0) is 13.2 Å². The fourth-order valence-electron chi connectivity index (χ4n) is 1.67. The van der Waals surface area contributed by atoms with Crippen LogP contribution in [0.25, 0.3) is 0 Å². The molecule has 2 aromatic carbocycles. The molecule has 0 aliphatic heterocycles. The third-order valence-electron chi connectivity index (χ3n) is 2.67. The number of ether oxygens (including phenoxy) is 1. The Morgan fingerprint density at radius 1 is 1.05 bits per heavy atom. The van der Waals surface area contributed by atoms with E-state index in [0.29, 0.717) is 17.9 Å². The van der Waals surface area contributed by atoms with Crippen LogP contribution in [-0.4, -0.2) is 0 Å². The summed E-state index contributed by atoms with van der Waals surface area (Å²) in [6.07, 6.45) is 0. The second kappa shape index (κ2) is 7.02. The van der Waals surface area contributed by atoms with Crippen LogP contribution in [0.2, 0.25) is 0 Å². The molecule has 2 nitrogen and oxygen atoms in total. The molecule has 2 N–H and O–H groups in total. The van der Waals surface area contributed by atoms with Crippen LogP contribution >= 0.6 is 47.8 Å². The van der Waals surface area contributed by atoms with Crippen molar-refractivity contribution in [3.63, 3.8) is 0 Å². The van der Waals surface area contributed by atoms with Gasteiger partial charge in [0.25, 0.3) is 0 Å². The van der Waals surface area contributed by atoms with E-state index in [4.69, 9.17) is 10.5 Å². The molecule has 20 heavy (non-hydrogen) atoms. The molecule has 0 atom stereocenters. The molecule has 0 spiro atoms. The minimum Gasteiger partial charge on any atom is -0.486 e. The summed E-state index contributed by atoms with van der Waals surface area (Å²) in [5, 5.41) is 0. The van der Waals surface area contributed by atoms with Gasteiger partial charge in [0.05, 0.1) is 8.95 Å². The zero-order valence-electron chi connectivity index (χ0n) is 10.3. The second-order valence-electron chi connectivity index (χ2n) is 4.12.